The van der Waals surface area contributed by atoms with Gasteiger partial charge in [0, 0.05) is 16.8 Å². The third-order valence-electron chi connectivity index (χ3n) is 3.76. The second kappa shape index (κ2) is 9.48. The Morgan fingerprint density at radius 2 is 2.00 bits per heavy atom. The number of unbranched alkanes of at least 4 members (excludes halogenated alkanes) is 1. The summed E-state index contributed by atoms with van der Waals surface area (Å²) < 4.78 is 0. The smallest absolute Gasteiger partial charge is 0.321 e. The molecule has 0 saturated heterocycles. The Morgan fingerprint density at radius 1 is 1.19 bits per heavy atom. The first-order chi connectivity index (χ1) is 13.2. The van der Waals surface area contributed by atoms with Crippen molar-refractivity contribution in [3.63, 3.8) is 0 Å². The molecular formula is C19H20N4O2S2. The van der Waals surface area contributed by atoms with Gasteiger partial charge < -0.3 is 5.32 Å². The highest BCUT2D eigenvalue weighted by atomic mass is 32.2. The summed E-state index contributed by atoms with van der Waals surface area (Å²) in [6, 6.07) is 11.7. The van der Waals surface area contributed by atoms with Gasteiger partial charge >= 0.3 is 6.03 Å². The van der Waals surface area contributed by atoms with Gasteiger partial charge in [-0.15, -0.1) is 11.3 Å². The maximum absolute atomic E-state index is 12.0. The van der Waals surface area contributed by atoms with Crippen molar-refractivity contribution in [2.45, 2.75) is 24.8 Å². The van der Waals surface area contributed by atoms with E-state index in [2.05, 4.69) is 32.7 Å². The zero-order valence-electron chi connectivity index (χ0n) is 14.9. The monoisotopic (exact) mass is 400 g/mol. The Balaban J connectivity index is 1.64. The maximum atomic E-state index is 12.0. The molecule has 0 bridgehead atoms. The van der Waals surface area contributed by atoms with Crippen molar-refractivity contribution >= 4 is 45.3 Å². The van der Waals surface area contributed by atoms with Crippen LogP contribution in [0.5, 0.6) is 0 Å². The molecule has 2 heterocycles. The molecule has 0 atom stereocenters. The van der Waals surface area contributed by atoms with Gasteiger partial charge in [0.2, 0.25) is 5.91 Å². The minimum absolute atomic E-state index is 0.115. The summed E-state index contributed by atoms with van der Waals surface area (Å²) in [7, 11) is 0. The van der Waals surface area contributed by atoms with E-state index in [1.54, 1.807) is 11.3 Å². The summed E-state index contributed by atoms with van der Waals surface area (Å²) in [4.78, 5) is 34.2. The highest BCUT2D eigenvalue weighted by molar-refractivity contribution is 8.00. The van der Waals surface area contributed by atoms with E-state index in [0.29, 0.717) is 6.54 Å². The van der Waals surface area contributed by atoms with E-state index in [1.807, 2.05) is 31.2 Å². The number of nitrogens with zero attached hydrogens (tertiary/aromatic N) is 2. The zero-order valence-corrected chi connectivity index (χ0v) is 16.5. The molecule has 8 heteroatoms. The molecule has 3 rings (SSSR count). The van der Waals surface area contributed by atoms with Crippen molar-refractivity contribution in [2.75, 3.05) is 12.3 Å². The molecule has 0 aliphatic heterocycles. The van der Waals surface area contributed by atoms with Crippen LogP contribution in [0.15, 0.2) is 47.8 Å². The number of nitrogens with one attached hydrogen (secondary N) is 2. The molecule has 0 unspecified atom stereocenters. The molecule has 2 N–H and O–H groups in total. The molecule has 0 saturated carbocycles. The second-order valence-electron chi connectivity index (χ2n) is 5.82. The van der Waals surface area contributed by atoms with E-state index < -0.39 is 6.03 Å². The van der Waals surface area contributed by atoms with Crippen LogP contribution < -0.4 is 10.6 Å². The van der Waals surface area contributed by atoms with Crippen LogP contribution in [-0.4, -0.2) is 34.2 Å². The predicted molar refractivity (Wildman–Crippen MR) is 110 cm³/mol. The summed E-state index contributed by atoms with van der Waals surface area (Å²) in [5, 5.41) is 6.66. The number of carbonyl (C=O) groups is 2. The van der Waals surface area contributed by atoms with E-state index in [-0.39, 0.29) is 11.7 Å². The van der Waals surface area contributed by atoms with Gasteiger partial charge in [-0.25, -0.2) is 14.8 Å². The minimum atomic E-state index is -0.455. The van der Waals surface area contributed by atoms with E-state index >= 15 is 0 Å². The standard InChI is InChI=1S/C19H20N4O2S2/c1-2-3-9-20-19(25)23-16(24)11-26-17-14-10-15(13-7-5-4-6-8-13)27-18(14)22-12-21-17/h4-8,10,12H,2-3,9,11H2,1H3,(H2,20,23,24,25). The average molecular weight is 401 g/mol. The van der Waals surface area contributed by atoms with E-state index in [1.165, 1.54) is 18.1 Å². The Labute approximate surface area is 165 Å². The number of hydrogen-bond donors (Lipinski definition) is 2. The highest BCUT2D eigenvalue weighted by Crippen LogP contribution is 2.35. The van der Waals surface area contributed by atoms with Crippen molar-refractivity contribution in [3.8, 4) is 10.4 Å². The van der Waals surface area contributed by atoms with Crippen LogP contribution in [0.3, 0.4) is 0 Å². The third kappa shape index (κ3) is 5.27. The number of urea groups is 1. The molecule has 0 spiro atoms. The predicted octanol–water partition coefficient (Wildman–Crippen LogP) is 4.08. The lowest BCUT2D eigenvalue weighted by Crippen LogP contribution is -2.40. The molecule has 0 radical (unpaired) electrons. The van der Waals surface area contributed by atoms with Gasteiger partial charge in [-0.3, -0.25) is 10.1 Å². The number of thioether (sulfide) groups is 1. The molecule has 6 nitrogen and oxygen atoms in total. The van der Waals surface area contributed by atoms with Crippen LogP contribution in [0.4, 0.5) is 4.79 Å². The van der Waals surface area contributed by atoms with Gasteiger partial charge in [0.25, 0.3) is 0 Å². The van der Waals surface area contributed by atoms with E-state index in [9.17, 15) is 9.59 Å². The van der Waals surface area contributed by atoms with Crippen LogP contribution in [0.2, 0.25) is 0 Å². The molecule has 27 heavy (non-hydrogen) atoms. The van der Waals surface area contributed by atoms with Crippen molar-refractivity contribution < 1.29 is 9.59 Å². The molecule has 3 amide bonds. The van der Waals surface area contributed by atoms with E-state index in [0.717, 1.165) is 38.5 Å². The van der Waals surface area contributed by atoms with Crippen molar-refractivity contribution in [1.82, 2.24) is 20.6 Å². The number of hydrogen-bond acceptors (Lipinski definition) is 6. The van der Waals surface area contributed by atoms with Gasteiger partial charge in [-0.05, 0) is 18.1 Å². The number of aromatic nitrogens is 2. The number of imide groups is 1. The first-order valence-electron chi connectivity index (χ1n) is 8.68. The molecule has 0 fully saturated rings. The van der Waals surface area contributed by atoms with Crippen LogP contribution in [0.1, 0.15) is 19.8 Å². The fourth-order valence-corrected chi connectivity index (χ4v) is 4.25. The molecular weight excluding hydrogens is 380 g/mol. The summed E-state index contributed by atoms with van der Waals surface area (Å²) in [5.41, 5.74) is 1.12. The molecule has 140 valence electrons. The Bertz CT molecular complexity index is 928. The SMILES string of the molecule is CCCCNC(=O)NC(=O)CSc1ncnc2sc(-c3ccccc3)cc12. The Hall–Kier alpha value is -2.45. The first kappa shape index (κ1) is 19.3. The molecule has 2 aromatic heterocycles. The van der Waals surface area contributed by atoms with Gasteiger partial charge in [0.15, 0.2) is 0 Å². The first-order valence-corrected chi connectivity index (χ1v) is 10.5. The molecule has 1 aromatic carbocycles. The third-order valence-corrected chi connectivity index (χ3v) is 5.86. The Morgan fingerprint density at radius 3 is 2.78 bits per heavy atom. The summed E-state index contributed by atoms with van der Waals surface area (Å²) in [6.45, 7) is 2.60. The summed E-state index contributed by atoms with van der Waals surface area (Å²) in [5.74, 6) is -0.233. The lowest BCUT2D eigenvalue weighted by Gasteiger charge is -2.06. The van der Waals surface area contributed by atoms with Crippen LogP contribution in [-0.2, 0) is 4.79 Å². The second-order valence-corrected chi connectivity index (χ2v) is 7.82. The van der Waals surface area contributed by atoms with Crippen LogP contribution in [0, 0.1) is 0 Å². The number of fused-ring (bicyclic) bond motifs is 1. The van der Waals surface area contributed by atoms with Gasteiger partial charge in [-0.2, -0.15) is 0 Å². The van der Waals surface area contributed by atoms with Crippen molar-refractivity contribution in [3.05, 3.63) is 42.7 Å². The van der Waals surface area contributed by atoms with Gasteiger partial charge in [0.1, 0.15) is 16.2 Å². The van der Waals surface area contributed by atoms with Gasteiger partial charge in [0.05, 0.1) is 5.75 Å². The highest BCUT2D eigenvalue weighted by Gasteiger charge is 2.13. The number of rotatable bonds is 7. The largest absolute Gasteiger partial charge is 0.338 e. The minimum Gasteiger partial charge on any atom is -0.338 e. The number of amides is 3. The summed E-state index contributed by atoms with van der Waals surface area (Å²) >= 11 is 2.89. The topological polar surface area (TPSA) is 84.0 Å². The number of benzene rings is 1. The lowest BCUT2D eigenvalue weighted by atomic mass is 10.2. The van der Waals surface area contributed by atoms with Gasteiger partial charge in [-0.1, -0.05) is 55.4 Å². The average Bonchev–Trinajstić information content (AvgIpc) is 3.12. The summed E-state index contributed by atoms with van der Waals surface area (Å²) in [6.07, 6.45) is 3.38. The maximum Gasteiger partial charge on any atom is 0.321 e. The van der Waals surface area contributed by atoms with Crippen molar-refractivity contribution in [2.24, 2.45) is 0 Å². The van der Waals surface area contributed by atoms with E-state index in [4.69, 9.17) is 0 Å². The number of thiophene rings is 1. The normalized spacial score (nSPS) is 10.7. The fraction of sp³-hybridized carbons (Fsp3) is 0.263. The fourth-order valence-electron chi connectivity index (χ4n) is 2.41. The molecule has 0 aliphatic carbocycles. The Kier molecular flexibility index (Phi) is 6.78. The molecule has 3 aromatic rings. The number of carbonyl (C=O) groups excluding carboxylic acids is 2. The van der Waals surface area contributed by atoms with Crippen LogP contribution in [0.25, 0.3) is 20.7 Å². The van der Waals surface area contributed by atoms with Crippen molar-refractivity contribution in [1.29, 1.82) is 0 Å². The lowest BCUT2D eigenvalue weighted by molar-refractivity contribution is -0.117. The van der Waals surface area contributed by atoms with Crippen LogP contribution >= 0.6 is 23.1 Å². The zero-order chi connectivity index (χ0) is 19.1. The quantitative estimate of drug-likeness (QED) is 0.355. The molecule has 0 aliphatic rings.